The van der Waals surface area contributed by atoms with E-state index in [0.29, 0.717) is 17.2 Å². The summed E-state index contributed by atoms with van der Waals surface area (Å²) in [5.41, 5.74) is 1.76. The van der Waals surface area contributed by atoms with Gasteiger partial charge in [0.05, 0.1) is 21.3 Å². The number of ether oxygens (including phenoxy) is 3. The van der Waals surface area contributed by atoms with Crippen molar-refractivity contribution < 1.29 is 19.0 Å². The van der Waals surface area contributed by atoms with E-state index < -0.39 is 0 Å². The molecule has 0 unspecified atom stereocenters. The first-order chi connectivity index (χ1) is 9.51. The summed E-state index contributed by atoms with van der Waals surface area (Å²) in [6, 6.07) is 3.57. The van der Waals surface area contributed by atoms with Crippen molar-refractivity contribution in [3.8, 4) is 17.2 Å². The molecule has 4 nitrogen and oxygen atoms in total. The molecule has 0 radical (unpaired) electrons. The zero-order chi connectivity index (χ0) is 15.1. The first-order valence-corrected chi connectivity index (χ1v) is 6.18. The van der Waals surface area contributed by atoms with Gasteiger partial charge in [0.2, 0.25) is 5.75 Å². The molecule has 1 rings (SSSR count). The Morgan fingerprint density at radius 2 is 1.55 bits per heavy atom. The van der Waals surface area contributed by atoms with E-state index in [-0.39, 0.29) is 5.78 Å². The molecule has 0 fully saturated rings. The average molecular weight is 276 g/mol. The van der Waals surface area contributed by atoms with Gasteiger partial charge in [-0.05, 0) is 43.7 Å². The molecular formula is C16H20O4. The number of carbonyl (C=O) groups excluding carboxylic acids is 1. The second-order valence-corrected chi connectivity index (χ2v) is 4.42. The van der Waals surface area contributed by atoms with Crippen molar-refractivity contribution >= 4 is 11.9 Å². The van der Waals surface area contributed by atoms with Crippen LogP contribution in [-0.4, -0.2) is 27.1 Å². The minimum absolute atomic E-state index is 0.0567. The first kappa shape index (κ1) is 15.8. The molecule has 0 saturated heterocycles. The quantitative estimate of drug-likeness (QED) is 0.748. The molecule has 0 aliphatic carbocycles. The minimum Gasteiger partial charge on any atom is -0.493 e. The van der Waals surface area contributed by atoms with Crippen LogP contribution in [0.5, 0.6) is 17.2 Å². The number of allylic oxidation sites excluding steroid dienone is 3. The molecule has 0 spiro atoms. The smallest absolute Gasteiger partial charge is 0.203 e. The number of rotatable bonds is 6. The molecule has 0 atom stereocenters. The molecule has 0 aromatic heterocycles. The lowest BCUT2D eigenvalue weighted by Crippen LogP contribution is -1.95. The van der Waals surface area contributed by atoms with Crippen molar-refractivity contribution in [3.05, 3.63) is 35.4 Å². The van der Waals surface area contributed by atoms with Crippen LogP contribution >= 0.6 is 0 Å². The van der Waals surface area contributed by atoms with Crippen molar-refractivity contribution in [1.29, 1.82) is 0 Å². The predicted octanol–water partition coefficient (Wildman–Crippen LogP) is 3.26. The predicted molar refractivity (Wildman–Crippen MR) is 79.6 cm³/mol. The highest BCUT2D eigenvalue weighted by Gasteiger charge is 2.11. The Morgan fingerprint density at radius 3 is 1.95 bits per heavy atom. The van der Waals surface area contributed by atoms with Crippen LogP contribution < -0.4 is 14.2 Å². The summed E-state index contributed by atoms with van der Waals surface area (Å²) in [5.74, 6) is 1.59. The van der Waals surface area contributed by atoms with Crippen molar-refractivity contribution in [2.45, 2.75) is 13.8 Å². The van der Waals surface area contributed by atoms with Crippen LogP contribution in [0.3, 0.4) is 0 Å². The molecule has 20 heavy (non-hydrogen) atoms. The summed E-state index contributed by atoms with van der Waals surface area (Å²) in [7, 11) is 4.66. The fourth-order valence-corrected chi connectivity index (χ4v) is 1.71. The molecule has 0 amide bonds. The Morgan fingerprint density at radius 1 is 1.00 bits per heavy atom. The number of hydrogen-bond donors (Lipinski definition) is 0. The number of methoxy groups -OCH3 is 3. The fraction of sp³-hybridized carbons (Fsp3) is 0.312. The monoisotopic (exact) mass is 276 g/mol. The van der Waals surface area contributed by atoms with Gasteiger partial charge in [0.25, 0.3) is 0 Å². The summed E-state index contributed by atoms with van der Waals surface area (Å²) < 4.78 is 15.8. The fourth-order valence-electron chi connectivity index (χ4n) is 1.71. The lowest BCUT2D eigenvalue weighted by molar-refractivity contribution is -0.110. The molecule has 108 valence electrons. The van der Waals surface area contributed by atoms with Gasteiger partial charge in [-0.25, -0.2) is 0 Å². The highest BCUT2D eigenvalue weighted by atomic mass is 16.5. The molecule has 0 aliphatic rings. The van der Waals surface area contributed by atoms with E-state index in [1.54, 1.807) is 45.6 Å². The van der Waals surface area contributed by atoms with E-state index in [0.717, 1.165) is 11.1 Å². The standard InChI is InChI=1S/C16H20O4/c1-11(2)8-13(17)7-6-12-9-14(18-3)16(20-5)15(10-12)19-4/h6-10H,1-5H3. The van der Waals surface area contributed by atoms with Gasteiger partial charge in [-0.1, -0.05) is 11.6 Å². The van der Waals surface area contributed by atoms with Crippen molar-refractivity contribution in [3.63, 3.8) is 0 Å². The maximum Gasteiger partial charge on any atom is 0.203 e. The van der Waals surface area contributed by atoms with E-state index in [1.807, 2.05) is 13.8 Å². The van der Waals surface area contributed by atoms with Crippen LogP contribution in [0.4, 0.5) is 0 Å². The Labute approximate surface area is 119 Å². The molecule has 1 aromatic rings. The molecule has 0 saturated carbocycles. The first-order valence-electron chi connectivity index (χ1n) is 6.18. The van der Waals surface area contributed by atoms with Gasteiger partial charge in [-0.3, -0.25) is 4.79 Å². The van der Waals surface area contributed by atoms with Crippen molar-refractivity contribution in [1.82, 2.24) is 0 Å². The number of carbonyl (C=O) groups is 1. The number of hydrogen-bond acceptors (Lipinski definition) is 4. The van der Waals surface area contributed by atoms with E-state index in [9.17, 15) is 4.79 Å². The summed E-state index contributed by atoms with van der Waals surface area (Å²) in [4.78, 5) is 11.6. The second-order valence-electron chi connectivity index (χ2n) is 4.42. The highest BCUT2D eigenvalue weighted by Crippen LogP contribution is 2.38. The zero-order valence-corrected chi connectivity index (χ0v) is 12.5. The molecule has 0 heterocycles. The largest absolute Gasteiger partial charge is 0.493 e. The van der Waals surface area contributed by atoms with E-state index in [1.165, 1.54) is 6.08 Å². The molecule has 0 aliphatic heterocycles. The van der Waals surface area contributed by atoms with Gasteiger partial charge < -0.3 is 14.2 Å². The van der Waals surface area contributed by atoms with Gasteiger partial charge in [-0.2, -0.15) is 0 Å². The third-order valence-corrected chi connectivity index (χ3v) is 2.56. The maximum atomic E-state index is 11.6. The SMILES string of the molecule is COc1cc(C=CC(=O)C=C(C)C)cc(OC)c1OC. The third-order valence-electron chi connectivity index (χ3n) is 2.56. The Kier molecular flexibility index (Phi) is 5.84. The minimum atomic E-state index is -0.0567. The molecule has 0 N–H and O–H groups in total. The topological polar surface area (TPSA) is 44.8 Å². The molecule has 1 aromatic carbocycles. The summed E-state index contributed by atoms with van der Waals surface area (Å²) >= 11 is 0. The highest BCUT2D eigenvalue weighted by molar-refractivity contribution is 6.02. The van der Waals surface area contributed by atoms with Crippen LogP contribution in [0.1, 0.15) is 19.4 Å². The normalized spacial score (nSPS) is 10.2. The number of benzene rings is 1. The summed E-state index contributed by atoms with van der Waals surface area (Å²) in [5, 5.41) is 0. The third kappa shape index (κ3) is 4.16. The Bertz CT molecular complexity index is 512. The van der Waals surface area contributed by atoms with Gasteiger partial charge >= 0.3 is 0 Å². The van der Waals surface area contributed by atoms with Gasteiger partial charge in [0, 0.05) is 0 Å². The molecule has 4 heteroatoms. The van der Waals surface area contributed by atoms with Gasteiger partial charge in [0.1, 0.15) is 0 Å². The van der Waals surface area contributed by atoms with E-state index >= 15 is 0 Å². The van der Waals surface area contributed by atoms with E-state index in [2.05, 4.69) is 0 Å². The van der Waals surface area contributed by atoms with Gasteiger partial charge in [0.15, 0.2) is 17.3 Å². The van der Waals surface area contributed by atoms with Crippen molar-refractivity contribution in [2.75, 3.05) is 21.3 Å². The molecular weight excluding hydrogens is 256 g/mol. The second kappa shape index (κ2) is 7.38. The van der Waals surface area contributed by atoms with Crippen LogP contribution in [0.2, 0.25) is 0 Å². The summed E-state index contributed by atoms with van der Waals surface area (Å²) in [6.45, 7) is 3.76. The Hall–Kier alpha value is -2.23. The average Bonchev–Trinajstić information content (AvgIpc) is 2.42. The lowest BCUT2D eigenvalue weighted by atomic mass is 10.1. The molecule has 0 bridgehead atoms. The van der Waals surface area contributed by atoms with Crippen LogP contribution in [0.25, 0.3) is 6.08 Å². The van der Waals surface area contributed by atoms with Crippen LogP contribution in [0, 0.1) is 0 Å². The summed E-state index contributed by atoms with van der Waals surface area (Å²) in [6.07, 6.45) is 4.80. The van der Waals surface area contributed by atoms with Crippen molar-refractivity contribution in [2.24, 2.45) is 0 Å². The lowest BCUT2D eigenvalue weighted by Gasteiger charge is -2.12. The Balaban J connectivity index is 3.11. The van der Waals surface area contributed by atoms with Crippen LogP contribution in [0.15, 0.2) is 29.9 Å². The van der Waals surface area contributed by atoms with Gasteiger partial charge in [-0.15, -0.1) is 0 Å². The maximum absolute atomic E-state index is 11.6. The van der Waals surface area contributed by atoms with E-state index in [4.69, 9.17) is 14.2 Å². The zero-order valence-electron chi connectivity index (χ0n) is 12.5. The van der Waals surface area contributed by atoms with Crippen LogP contribution in [-0.2, 0) is 4.79 Å². The number of ketones is 1.